The first-order valence-corrected chi connectivity index (χ1v) is 16.6. The summed E-state index contributed by atoms with van der Waals surface area (Å²) in [5.74, 6) is 1.37. The zero-order valence-corrected chi connectivity index (χ0v) is 25.9. The van der Waals surface area contributed by atoms with E-state index in [9.17, 15) is 0 Å². The van der Waals surface area contributed by atoms with Crippen molar-refractivity contribution in [2.45, 2.75) is 53.4 Å². The predicted molar refractivity (Wildman–Crippen MR) is 184 cm³/mol. The minimum atomic E-state index is -0.735. The van der Waals surface area contributed by atoms with Crippen molar-refractivity contribution in [3.63, 3.8) is 0 Å². The Balaban J connectivity index is 1.77. The Morgan fingerprint density at radius 3 is 1.85 bits per heavy atom. The Kier molecular flexibility index (Phi) is 9.87. The molecule has 0 radical (unpaired) electrons. The molecule has 41 heavy (non-hydrogen) atoms. The summed E-state index contributed by atoms with van der Waals surface area (Å²) < 4.78 is 0. The Labute approximate surface area is 248 Å². The van der Waals surface area contributed by atoms with E-state index >= 15 is 0 Å². The standard InChI is InChI=1S/C40H43P/c1-30(2)16-15-18-33(27-26-31(3)4)37-29-28-32-17-11-12-23-36(32)40(37)38-24-13-14-25-39(38)41(34-19-7-5-8-20-34)35-21-9-6-10-22-35/h5-14,17-25,28-31H,15-16,26-27H2,1-4H3. The van der Waals surface area contributed by atoms with Crippen molar-refractivity contribution < 1.29 is 0 Å². The van der Waals surface area contributed by atoms with Gasteiger partial charge in [0.15, 0.2) is 0 Å². The van der Waals surface area contributed by atoms with E-state index in [0.29, 0.717) is 11.8 Å². The second-order valence-electron chi connectivity index (χ2n) is 11.9. The molecule has 0 saturated heterocycles. The van der Waals surface area contributed by atoms with Crippen molar-refractivity contribution in [1.82, 2.24) is 0 Å². The molecule has 0 spiro atoms. The van der Waals surface area contributed by atoms with Crippen LogP contribution in [0.1, 0.15) is 58.9 Å². The van der Waals surface area contributed by atoms with Crippen LogP contribution in [0.5, 0.6) is 0 Å². The molecule has 0 aromatic heterocycles. The van der Waals surface area contributed by atoms with Crippen LogP contribution in [-0.4, -0.2) is 0 Å². The molecule has 0 N–H and O–H groups in total. The third kappa shape index (κ3) is 7.06. The second kappa shape index (κ2) is 13.9. The molecule has 5 aromatic rings. The molecule has 5 aromatic carbocycles. The molecule has 208 valence electrons. The summed E-state index contributed by atoms with van der Waals surface area (Å²) in [6.07, 6.45) is 7.20. The molecule has 0 atom stereocenters. The van der Waals surface area contributed by atoms with Crippen molar-refractivity contribution in [2.75, 3.05) is 0 Å². The first-order valence-electron chi connectivity index (χ1n) is 15.2. The van der Waals surface area contributed by atoms with Gasteiger partial charge < -0.3 is 0 Å². The summed E-state index contributed by atoms with van der Waals surface area (Å²) >= 11 is 0. The van der Waals surface area contributed by atoms with Crippen LogP contribution in [0.3, 0.4) is 0 Å². The van der Waals surface area contributed by atoms with Crippen LogP contribution in [0.4, 0.5) is 0 Å². The summed E-state index contributed by atoms with van der Waals surface area (Å²) in [5, 5.41) is 6.83. The molecule has 5 rings (SSSR count). The molecule has 0 aliphatic heterocycles. The maximum absolute atomic E-state index is 2.55. The van der Waals surface area contributed by atoms with Gasteiger partial charge in [0, 0.05) is 0 Å². The fourth-order valence-corrected chi connectivity index (χ4v) is 8.13. The number of allylic oxidation sites excluding steroid dienone is 2. The Morgan fingerprint density at radius 1 is 0.610 bits per heavy atom. The van der Waals surface area contributed by atoms with Crippen LogP contribution in [0.25, 0.3) is 27.5 Å². The fourth-order valence-electron chi connectivity index (χ4n) is 5.67. The van der Waals surface area contributed by atoms with Crippen molar-refractivity contribution in [3.05, 3.63) is 133 Å². The van der Waals surface area contributed by atoms with Gasteiger partial charge in [0.2, 0.25) is 0 Å². The third-order valence-electron chi connectivity index (χ3n) is 7.84. The lowest BCUT2D eigenvalue weighted by molar-refractivity contribution is 0.588. The minimum Gasteiger partial charge on any atom is -0.0807 e. The molecule has 0 aliphatic rings. The van der Waals surface area contributed by atoms with Gasteiger partial charge >= 0.3 is 0 Å². The Morgan fingerprint density at radius 2 is 1.20 bits per heavy atom. The molecule has 0 aliphatic carbocycles. The van der Waals surface area contributed by atoms with E-state index in [0.717, 1.165) is 12.8 Å². The zero-order chi connectivity index (χ0) is 28.6. The number of fused-ring (bicyclic) bond motifs is 1. The van der Waals surface area contributed by atoms with Crippen molar-refractivity contribution in [2.24, 2.45) is 11.8 Å². The number of benzene rings is 5. The second-order valence-corrected chi connectivity index (χ2v) is 14.1. The quantitative estimate of drug-likeness (QED) is 0.142. The SMILES string of the molecule is CC(C)CCC=C(CCC(C)C)c1ccc2ccccc2c1-c1ccccc1P(c1ccccc1)c1ccccc1. The summed E-state index contributed by atoms with van der Waals surface area (Å²) in [4.78, 5) is 0. The first kappa shape index (κ1) is 29.0. The molecule has 1 heteroatoms. The molecule has 0 amide bonds. The molecule has 0 unspecified atom stereocenters. The summed E-state index contributed by atoms with van der Waals surface area (Å²) in [7, 11) is -0.735. The zero-order valence-electron chi connectivity index (χ0n) is 25.1. The minimum absolute atomic E-state index is 0.670. The van der Waals surface area contributed by atoms with Gasteiger partial charge in [-0.25, -0.2) is 0 Å². The number of rotatable bonds is 11. The highest BCUT2D eigenvalue weighted by Crippen LogP contribution is 2.42. The lowest BCUT2D eigenvalue weighted by Gasteiger charge is -2.25. The highest BCUT2D eigenvalue weighted by Gasteiger charge is 2.23. The Bertz CT molecular complexity index is 1540. The van der Waals surface area contributed by atoms with Gasteiger partial charge in [0.25, 0.3) is 0 Å². The monoisotopic (exact) mass is 554 g/mol. The van der Waals surface area contributed by atoms with E-state index in [-0.39, 0.29) is 0 Å². The molecule has 0 saturated carbocycles. The molecule has 0 fully saturated rings. The molecule has 0 nitrogen and oxygen atoms in total. The van der Waals surface area contributed by atoms with Gasteiger partial charge in [-0.1, -0.05) is 155 Å². The van der Waals surface area contributed by atoms with Crippen LogP contribution in [0, 0.1) is 11.8 Å². The molecular formula is C40H43P. The maximum Gasteiger partial charge on any atom is -0.00235 e. The maximum atomic E-state index is 2.55. The number of hydrogen-bond donors (Lipinski definition) is 0. The van der Waals surface area contributed by atoms with E-state index in [2.05, 4.69) is 155 Å². The summed E-state index contributed by atoms with van der Waals surface area (Å²) in [5.41, 5.74) is 5.64. The topological polar surface area (TPSA) is 0 Å². The molecule has 0 bridgehead atoms. The van der Waals surface area contributed by atoms with Crippen molar-refractivity contribution in [1.29, 1.82) is 0 Å². The number of hydrogen-bond acceptors (Lipinski definition) is 0. The van der Waals surface area contributed by atoms with E-state index in [4.69, 9.17) is 0 Å². The van der Waals surface area contributed by atoms with E-state index < -0.39 is 7.92 Å². The first-order chi connectivity index (χ1) is 20.0. The van der Waals surface area contributed by atoms with Crippen LogP contribution in [-0.2, 0) is 0 Å². The van der Waals surface area contributed by atoms with Crippen molar-refractivity contribution >= 4 is 40.2 Å². The third-order valence-corrected chi connectivity index (χ3v) is 10.3. The van der Waals surface area contributed by atoms with Gasteiger partial charge in [-0.3, -0.25) is 0 Å². The predicted octanol–water partition coefficient (Wildman–Crippen LogP) is 10.5. The van der Waals surface area contributed by atoms with Gasteiger partial charge in [0.05, 0.1) is 0 Å². The Hall–Kier alpha value is -3.47. The van der Waals surface area contributed by atoms with Crippen LogP contribution in [0.2, 0.25) is 0 Å². The molecular weight excluding hydrogens is 511 g/mol. The molecule has 0 heterocycles. The van der Waals surface area contributed by atoms with Crippen LogP contribution >= 0.6 is 7.92 Å². The van der Waals surface area contributed by atoms with Gasteiger partial charge in [-0.2, -0.15) is 0 Å². The summed E-state index contributed by atoms with van der Waals surface area (Å²) in [6, 6.07) is 45.1. The average Bonchev–Trinajstić information content (AvgIpc) is 3.00. The van der Waals surface area contributed by atoms with E-state index in [1.54, 1.807) is 0 Å². The largest absolute Gasteiger partial charge is 0.0807 e. The highest BCUT2D eigenvalue weighted by atomic mass is 31.1. The highest BCUT2D eigenvalue weighted by molar-refractivity contribution is 7.80. The van der Waals surface area contributed by atoms with Gasteiger partial charge in [-0.05, 0) is 94.4 Å². The normalized spacial score (nSPS) is 12.1. The van der Waals surface area contributed by atoms with E-state index in [1.165, 1.54) is 61.8 Å². The lowest BCUT2D eigenvalue weighted by Crippen LogP contribution is -2.22. The summed E-state index contributed by atoms with van der Waals surface area (Å²) in [6.45, 7) is 9.34. The van der Waals surface area contributed by atoms with Gasteiger partial charge in [-0.15, -0.1) is 0 Å². The smallest absolute Gasteiger partial charge is 0.00235 e. The van der Waals surface area contributed by atoms with Crippen LogP contribution in [0.15, 0.2) is 127 Å². The lowest BCUT2D eigenvalue weighted by atomic mass is 9.86. The average molecular weight is 555 g/mol. The van der Waals surface area contributed by atoms with Gasteiger partial charge in [0.1, 0.15) is 0 Å². The fraction of sp³-hybridized carbons (Fsp3) is 0.250. The van der Waals surface area contributed by atoms with Crippen LogP contribution < -0.4 is 15.9 Å². The van der Waals surface area contributed by atoms with Crippen molar-refractivity contribution in [3.8, 4) is 11.1 Å². The van der Waals surface area contributed by atoms with E-state index in [1.807, 2.05) is 0 Å².